The van der Waals surface area contributed by atoms with Crippen LogP contribution in [0.25, 0.3) is 0 Å². The first-order valence-electron chi connectivity index (χ1n) is 8.63. The summed E-state index contributed by atoms with van der Waals surface area (Å²) in [5.41, 5.74) is 0.434. The van der Waals surface area contributed by atoms with Crippen LogP contribution in [0.1, 0.15) is 43.5 Å². The molecule has 6 nitrogen and oxygen atoms in total. The van der Waals surface area contributed by atoms with Crippen LogP contribution in [-0.4, -0.2) is 53.0 Å². The maximum atomic E-state index is 12.5. The summed E-state index contributed by atoms with van der Waals surface area (Å²) in [5.74, 6) is 0.0888. The number of carbonyl (C=O) groups is 2. The molecule has 1 unspecified atom stereocenters. The summed E-state index contributed by atoms with van der Waals surface area (Å²) < 4.78 is 6.04. The Morgan fingerprint density at radius 1 is 1.38 bits per heavy atom. The average molecular weight is 331 g/mol. The summed E-state index contributed by atoms with van der Waals surface area (Å²) in [6.07, 6.45) is 5.73. The van der Waals surface area contributed by atoms with Crippen molar-refractivity contribution in [2.24, 2.45) is 5.92 Å². The first kappa shape index (κ1) is 16.9. The molecule has 0 aromatic carbocycles. The van der Waals surface area contributed by atoms with Gasteiger partial charge in [0.1, 0.15) is 0 Å². The predicted octanol–water partition coefficient (Wildman–Crippen LogP) is 1.62. The van der Waals surface area contributed by atoms with E-state index in [9.17, 15) is 9.59 Å². The molecule has 0 bridgehead atoms. The van der Waals surface area contributed by atoms with Gasteiger partial charge in [-0.1, -0.05) is 13.8 Å². The Balaban J connectivity index is 1.54. The molecule has 3 heterocycles. The lowest BCUT2D eigenvalue weighted by atomic mass is 9.87. The van der Waals surface area contributed by atoms with Gasteiger partial charge >= 0.3 is 0 Å². The van der Waals surface area contributed by atoms with Crippen molar-refractivity contribution in [2.45, 2.75) is 44.8 Å². The molecule has 2 fully saturated rings. The lowest BCUT2D eigenvalue weighted by Crippen LogP contribution is -2.47. The van der Waals surface area contributed by atoms with E-state index < -0.39 is 0 Å². The van der Waals surface area contributed by atoms with Gasteiger partial charge in [-0.05, 0) is 31.4 Å². The minimum Gasteiger partial charge on any atom is -0.373 e. The molecule has 1 spiro atoms. The number of nitrogens with zero attached hydrogens (tertiary/aromatic N) is 2. The summed E-state index contributed by atoms with van der Waals surface area (Å²) in [4.78, 5) is 30.2. The van der Waals surface area contributed by atoms with Gasteiger partial charge in [-0.2, -0.15) is 0 Å². The van der Waals surface area contributed by atoms with Gasteiger partial charge in [-0.25, -0.2) is 0 Å². The van der Waals surface area contributed by atoms with Crippen molar-refractivity contribution in [1.82, 2.24) is 15.2 Å². The minimum atomic E-state index is -0.194. The van der Waals surface area contributed by atoms with Crippen LogP contribution in [0, 0.1) is 5.92 Å². The van der Waals surface area contributed by atoms with Gasteiger partial charge in [-0.15, -0.1) is 0 Å². The zero-order chi connectivity index (χ0) is 17.2. The van der Waals surface area contributed by atoms with E-state index in [1.54, 1.807) is 24.5 Å². The van der Waals surface area contributed by atoms with Crippen molar-refractivity contribution >= 4 is 11.8 Å². The molecule has 3 rings (SSSR count). The van der Waals surface area contributed by atoms with Crippen molar-refractivity contribution in [3.05, 3.63) is 30.1 Å². The van der Waals surface area contributed by atoms with Gasteiger partial charge in [0.2, 0.25) is 5.91 Å². The first-order chi connectivity index (χ1) is 11.5. The number of carbonyl (C=O) groups excluding carboxylic acids is 2. The number of rotatable bonds is 3. The summed E-state index contributed by atoms with van der Waals surface area (Å²) in [5, 5.41) is 3.06. The van der Waals surface area contributed by atoms with Crippen molar-refractivity contribution in [3.63, 3.8) is 0 Å². The first-order valence-corrected chi connectivity index (χ1v) is 8.63. The Hall–Kier alpha value is -1.95. The maximum absolute atomic E-state index is 12.5. The molecule has 1 atom stereocenters. The predicted molar refractivity (Wildman–Crippen MR) is 89.4 cm³/mol. The van der Waals surface area contributed by atoms with Gasteiger partial charge < -0.3 is 15.0 Å². The van der Waals surface area contributed by atoms with Crippen LogP contribution in [0.15, 0.2) is 24.5 Å². The molecule has 130 valence electrons. The fourth-order valence-corrected chi connectivity index (χ4v) is 3.44. The third-order valence-electron chi connectivity index (χ3n) is 4.95. The highest BCUT2D eigenvalue weighted by atomic mass is 16.5. The number of pyridine rings is 1. The van der Waals surface area contributed by atoms with Gasteiger partial charge in [0.25, 0.3) is 5.91 Å². The lowest BCUT2D eigenvalue weighted by molar-refractivity contribution is -0.124. The van der Waals surface area contributed by atoms with E-state index in [0.29, 0.717) is 25.3 Å². The van der Waals surface area contributed by atoms with Crippen molar-refractivity contribution < 1.29 is 14.3 Å². The molecule has 24 heavy (non-hydrogen) atoms. The van der Waals surface area contributed by atoms with Gasteiger partial charge in [0, 0.05) is 31.4 Å². The van der Waals surface area contributed by atoms with Crippen molar-refractivity contribution in [1.29, 1.82) is 0 Å². The normalized spacial score (nSPS) is 22.8. The van der Waals surface area contributed by atoms with Crippen LogP contribution in [0.5, 0.6) is 0 Å². The highest BCUT2D eigenvalue weighted by molar-refractivity contribution is 5.93. The molecule has 2 aliphatic heterocycles. The molecule has 1 aromatic rings. The molecule has 0 saturated carbocycles. The highest BCUT2D eigenvalue weighted by Gasteiger charge is 2.43. The van der Waals surface area contributed by atoms with Crippen LogP contribution in [-0.2, 0) is 9.53 Å². The van der Waals surface area contributed by atoms with Crippen LogP contribution < -0.4 is 5.32 Å². The summed E-state index contributed by atoms with van der Waals surface area (Å²) >= 11 is 0. The summed E-state index contributed by atoms with van der Waals surface area (Å²) in [6.45, 7) is 5.71. The molecule has 0 aliphatic carbocycles. The number of ether oxygens (including phenoxy) is 1. The third kappa shape index (κ3) is 3.59. The Kier molecular flexibility index (Phi) is 4.85. The van der Waals surface area contributed by atoms with E-state index in [1.165, 1.54) is 0 Å². The van der Waals surface area contributed by atoms with Crippen LogP contribution in [0.2, 0.25) is 0 Å². The monoisotopic (exact) mass is 331 g/mol. The second-order valence-corrected chi connectivity index (χ2v) is 7.09. The van der Waals surface area contributed by atoms with E-state index in [4.69, 9.17) is 4.74 Å². The number of nitrogens with one attached hydrogen (secondary N) is 1. The number of hydrogen-bond acceptors (Lipinski definition) is 4. The molecule has 6 heteroatoms. The molecular formula is C18H25N3O3. The summed E-state index contributed by atoms with van der Waals surface area (Å²) in [7, 11) is 0. The molecule has 0 radical (unpaired) electrons. The number of piperidine rings is 1. The summed E-state index contributed by atoms with van der Waals surface area (Å²) in [6, 6.07) is 3.66. The largest absolute Gasteiger partial charge is 0.373 e. The Morgan fingerprint density at radius 2 is 2.12 bits per heavy atom. The topological polar surface area (TPSA) is 71.5 Å². The highest BCUT2D eigenvalue weighted by Crippen LogP contribution is 2.36. The number of amides is 2. The zero-order valence-electron chi connectivity index (χ0n) is 14.3. The van der Waals surface area contributed by atoms with E-state index in [2.05, 4.69) is 10.3 Å². The molecule has 2 amide bonds. The number of hydrogen-bond donors (Lipinski definition) is 1. The Bertz CT molecular complexity index is 595. The quantitative estimate of drug-likeness (QED) is 0.913. The SMILES string of the molecule is CC(C)C(=O)NC1COC2(CCN(C(=O)c3cccnc3)CC2)C1. The zero-order valence-corrected chi connectivity index (χ0v) is 14.3. The third-order valence-corrected chi connectivity index (χ3v) is 4.95. The molecule has 1 N–H and O–H groups in total. The number of aromatic nitrogens is 1. The maximum Gasteiger partial charge on any atom is 0.255 e. The van der Waals surface area contributed by atoms with E-state index >= 15 is 0 Å². The van der Waals surface area contributed by atoms with E-state index in [1.807, 2.05) is 18.7 Å². The Morgan fingerprint density at radius 3 is 2.75 bits per heavy atom. The number of likely N-dealkylation sites (tertiary alicyclic amines) is 1. The van der Waals surface area contributed by atoms with Crippen molar-refractivity contribution in [3.8, 4) is 0 Å². The minimum absolute atomic E-state index is 0.0134. The molecule has 1 aromatic heterocycles. The fourth-order valence-electron chi connectivity index (χ4n) is 3.44. The molecule has 2 aliphatic rings. The van der Waals surface area contributed by atoms with Crippen molar-refractivity contribution in [2.75, 3.05) is 19.7 Å². The second-order valence-electron chi connectivity index (χ2n) is 7.09. The second kappa shape index (κ2) is 6.89. The molecular weight excluding hydrogens is 306 g/mol. The Labute approximate surface area is 142 Å². The van der Waals surface area contributed by atoms with Gasteiger partial charge in [0.15, 0.2) is 0 Å². The lowest BCUT2D eigenvalue weighted by Gasteiger charge is -2.38. The van der Waals surface area contributed by atoms with Gasteiger partial charge in [0.05, 0.1) is 23.8 Å². The molecule has 2 saturated heterocycles. The van der Waals surface area contributed by atoms with Gasteiger partial charge in [-0.3, -0.25) is 14.6 Å². The smallest absolute Gasteiger partial charge is 0.255 e. The fraction of sp³-hybridized carbons (Fsp3) is 0.611. The standard InChI is InChI=1S/C18H25N3O3/c1-13(2)16(22)20-15-10-18(24-12-15)5-8-21(9-6-18)17(23)14-4-3-7-19-11-14/h3-4,7,11,13,15H,5-6,8-10,12H2,1-2H3,(H,20,22). The van der Waals surface area contributed by atoms with Crippen LogP contribution in [0.4, 0.5) is 0 Å². The van der Waals surface area contributed by atoms with Crippen LogP contribution in [0.3, 0.4) is 0 Å². The average Bonchev–Trinajstić information content (AvgIpc) is 2.98. The van der Waals surface area contributed by atoms with Crippen LogP contribution >= 0.6 is 0 Å². The van der Waals surface area contributed by atoms with E-state index in [0.717, 1.165) is 19.3 Å². The van der Waals surface area contributed by atoms with E-state index in [-0.39, 0.29) is 29.4 Å².